The summed E-state index contributed by atoms with van der Waals surface area (Å²) in [6.07, 6.45) is 4.25. The van der Waals surface area contributed by atoms with E-state index in [0.29, 0.717) is 0 Å². The van der Waals surface area contributed by atoms with Gasteiger partial charge in [-0.25, -0.2) is 0 Å². The number of carboxylic acid groups (broad SMARTS) is 1. The Kier molecular flexibility index (Phi) is 6.55. The van der Waals surface area contributed by atoms with E-state index < -0.39 is 5.97 Å². The van der Waals surface area contributed by atoms with E-state index in [4.69, 9.17) is 5.11 Å². The fourth-order valence-corrected chi connectivity index (χ4v) is 2.14. The highest BCUT2D eigenvalue weighted by Crippen LogP contribution is 2.14. The lowest BCUT2D eigenvalue weighted by atomic mass is 10.2. The maximum absolute atomic E-state index is 10.8. The van der Waals surface area contributed by atoms with Gasteiger partial charge in [0.25, 0.3) is 0 Å². The molecule has 0 aliphatic rings. The van der Waals surface area contributed by atoms with Gasteiger partial charge in [-0.15, -0.1) is 0 Å². The Balaban J connectivity index is 2.52. The standard InChI is InChI=1S/C13H19NO2S/c1-17-10-6-5-9-14(11-13(15)16)12-7-3-2-4-8-12/h2-4,7-8H,5-6,9-11H2,1H3,(H,15,16). The molecule has 0 aromatic heterocycles. The number of hydrogen-bond donors (Lipinski definition) is 1. The lowest BCUT2D eigenvalue weighted by Gasteiger charge is -2.22. The molecule has 0 spiro atoms. The van der Waals surface area contributed by atoms with Crippen LogP contribution in [0.15, 0.2) is 30.3 Å². The van der Waals surface area contributed by atoms with Crippen molar-refractivity contribution in [3.63, 3.8) is 0 Å². The number of para-hydroxylation sites is 1. The third kappa shape index (κ3) is 5.63. The first kappa shape index (κ1) is 13.9. The third-order valence-corrected chi connectivity index (χ3v) is 3.17. The van der Waals surface area contributed by atoms with Gasteiger partial charge in [-0.2, -0.15) is 11.8 Å². The summed E-state index contributed by atoms with van der Waals surface area (Å²) in [7, 11) is 0. The molecule has 1 rings (SSSR count). The van der Waals surface area contributed by atoms with E-state index in [1.54, 1.807) is 0 Å². The number of rotatable bonds is 8. The minimum Gasteiger partial charge on any atom is -0.480 e. The van der Waals surface area contributed by atoms with E-state index in [9.17, 15) is 4.79 Å². The molecule has 1 aromatic rings. The first-order valence-corrected chi connectivity index (χ1v) is 7.14. The Morgan fingerprint density at radius 1 is 1.29 bits per heavy atom. The van der Waals surface area contributed by atoms with Crippen molar-refractivity contribution in [2.45, 2.75) is 12.8 Å². The molecule has 1 aromatic carbocycles. The van der Waals surface area contributed by atoms with E-state index in [-0.39, 0.29) is 6.54 Å². The largest absolute Gasteiger partial charge is 0.480 e. The summed E-state index contributed by atoms with van der Waals surface area (Å²) in [5.41, 5.74) is 0.985. The monoisotopic (exact) mass is 253 g/mol. The second-order valence-corrected chi connectivity index (χ2v) is 4.84. The maximum atomic E-state index is 10.8. The number of benzene rings is 1. The Bertz CT molecular complexity index is 329. The van der Waals surface area contributed by atoms with Gasteiger partial charge in [0.1, 0.15) is 6.54 Å². The summed E-state index contributed by atoms with van der Waals surface area (Å²) in [6.45, 7) is 0.875. The minimum atomic E-state index is -0.779. The second kappa shape index (κ2) is 8.01. The van der Waals surface area contributed by atoms with E-state index in [0.717, 1.165) is 30.8 Å². The van der Waals surface area contributed by atoms with Crippen molar-refractivity contribution in [3.05, 3.63) is 30.3 Å². The molecule has 17 heavy (non-hydrogen) atoms. The summed E-state index contributed by atoms with van der Waals surface area (Å²) in [5.74, 6) is 0.356. The molecule has 0 aliphatic carbocycles. The first-order chi connectivity index (χ1) is 8.24. The Morgan fingerprint density at radius 3 is 2.59 bits per heavy atom. The predicted octanol–water partition coefficient (Wildman–Crippen LogP) is 2.72. The molecular weight excluding hydrogens is 234 g/mol. The van der Waals surface area contributed by atoms with Crippen molar-refractivity contribution in [3.8, 4) is 0 Å². The normalized spacial score (nSPS) is 10.2. The molecule has 0 radical (unpaired) electrons. The molecule has 1 N–H and O–H groups in total. The molecule has 0 saturated heterocycles. The van der Waals surface area contributed by atoms with Crippen LogP contribution in [-0.4, -0.2) is 36.2 Å². The van der Waals surface area contributed by atoms with Crippen molar-refractivity contribution in [2.24, 2.45) is 0 Å². The molecule has 0 unspecified atom stereocenters. The number of carbonyl (C=O) groups is 1. The van der Waals surface area contributed by atoms with Crippen LogP contribution >= 0.6 is 11.8 Å². The van der Waals surface area contributed by atoms with E-state index >= 15 is 0 Å². The topological polar surface area (TPSA) is 40.5 Å². The molecule has 0 fully saturated rings. The van der Waals surface area contributed by atoms with Crippen LogP contribution in [0.2, 0.25) is 0 Å². The van der Waals surface area contributed by atoms with Crippen LogP contribution in [0.5, 0.6) is 0 Å². The Morgan fingerprint density at radius 2 is 2.00 bits per heavy atom. The molecule has 94 valence electrons. The fraction of sp³-hybridized carbons (Fsp3) is 0.462. The van der Waals surface area contributed by atoms with Crippen molar-refractivity contribution in [1.82, 2.24) is 0 Å². The molecular formula is C13H19NO2S. The van der Waals surface area contributed by atoms with Crippen molar-refractivity contribution < 1.29 is 9.90 Å². The third-order valence-electron chi connectivity index (χ3n) is 2.47. The minimum absolute atomic E-state index is 0.0727. The maximum Gasteiger partial charge on any atom is 0.323 e. The average molecular weight is 253 g/mol. The summed E-state index contributed by atoms with van der Waals surface area (Å²) >= 11 is 1.83. The van der Waals surface area contributed by atoms with Crippen LogP contribution < -0.4 is 4.90 Å². The van der Waals surface area contributed by atoms with Gasteiger partial charge in [0.05, 0.1) is 0 Å². The Hall–Kier alpha value is -1.16. The number of hydrogen-bond acceptors (Lipinski definition) is 3. The zero-order valence-electron chi connectivity index (χ0n) is 10.1. The molecule has 0 aliphatic heterocycles. The Labute approximate surface area is 107 Å². The molecule has 0 bridgehead atoms. The zero-order chi connectivity index (χ0) is 12.5. The van der Waals surface area contributed by atoms with Gasteiger partial charge in [-0.05, 0) is 37.0 Å². The SMILES string of the molecule is CSCCCCN(CC(=O)O)c1ccccc1. The van der Waals surface area contributed by atoms with Gasteiger partial charge in [-0.3, -0.25) is 4.79 Å². The van der Waals surface area contributed by atoms with Crippen LogP contribution in [0.25, 0.3) is 0 Å². The summed E-state index contributed by atoms with van der Waals surface area (Å²) in [5, 5.41) is 8.90. The van der Waals surface area contributed by atoms with Gasteiger partial charge in [0.15, 0.2) is 0 Å². The van der Waals surface area contributed by atoms with Crippen LogP contribution in [0.1, 0.15) is 12.8 Å². The highest BCUT2D eigenvalue weighted by Gasteiger charge is 2.09. The van der Waals surface area contributed by atoms with Crippen molar-refractivity contribution in [1.29, 1.82) is 0 Å². The van der Waals surface area contributed by atoms with Gasteiger partial charge < -0.3 is 10.0 Å². The predicted molar refractivity (Wildman–Crippen MR) is 73.9 cm³/mol. The smallest absolute Gasteiger partial charge is 0.323 e. The number of carboxylic acids is 1. The van der Waals surface area contributed by atoms with Crippen molar-refractivity contribution in [2.75, 3.05) is 30.0 Å². The zero-order valence-corrected chi connectivity index (χ0v) is 10.9. The lowest BCUT2D eigenvalue weighted by molar-refractivity contribution is -0.135. The first-order valence-electron chi connectivity index (χ1n) is 5.74. The lowest BCUT2D eigenvalue weighted by Crippen LogP contribution is -2.30. The van der Waals surface area contributed by atoms with Crippen LogP contribution in [-0.2, 0) is 4.79 Å². The quantitative estimate of drug-likeness (QED) is 0.723. The van der Waals surface area contributed by atoms with Crippen LogP contribution in [0.4, 0.5) is 5.69 Å². The van der Waals surface area contributed by atoms with Crippen LogP contribution in [0.3, 0.4) is 0 Å². The number of thioether (sulfide) groups is 1. The van der Waals surface area contributed by atoms with E-state index in [1.807, 2.05) is 47.0 Å². The molecule has 3 nitrogen and oxygen atoms in total. The molecule has 4 heteroatoms. The second-order valence-electron chi connectivity index (χ2n) is 3.85. The molecule has 0 heterocycles. The number of unbranched alkanes of at least 4 members (excludes halogenated alkanes) is 1. The van der Waals surface area contributed by atoms with Gasteiger partial charge in [0.2, 0.25) is 0 Å². The van der Waals surface area contributed by atoms with Crippen molar-refractivity contribution >= 4 is 23.4 Å². The van der Waals surface area contributed by atoms with Gasteiger partial charge >= 0.3 is 5.97 Å². The highest BCUT2D eigenvalue weighted by atomic mass is 32.2. The summed E-state index contributed by atoms with van der Waals surface area (Å²) in [6, 6.07) is 9.73. The molecule has 0 amide bonds. The highest BCUT2D eigenvalue weighted by molar-refractivity contribution is 7.98. The number of aliphatic carboxylic acids is 1. The van der Waals surface area contributed by atoms with Crippen LogP contribution in [0, 0.1) is 0 Å². The fourth-order valence-electron chi connectivity index (χ4n) is 1.65. The summed E-state index contributed by atoms with van der Waals surface area (Å²) in [4.78, 5) is 12.7. The van der Waals surface area contributed by atoms with Gasteiger partial charge in [-0.1, -0.05) is 18.2 Å². The number of anilines is 1. The molecule has 0 atom stereocenters. The number of nitrogens with zero attached hydrogens (tertiary/aromatic N) is 1. The van der Waals surface area contributed by atoms with E-state index in [1.165, 1.54) is 0 Å². The van der Waals surface area contributed by atoms with E-state index in [2.05, 4.69) is 6.26 Å². The summed E-state index contributed by atoms with van der Waals surface area (Å²) < 4.78 is 0. The molecule has 0 saturated carbocycles. The van der Waals surface area contributed by atoms with Gasteiger partial charge in [0, 0.05) is 12.2 Å². The average Bonchev–Trinajstić information content (AvgIpc) is 2.34.